The molecule has 2 aromatic rings. The molecule has 1 saturated heterocycles. The number of nitrogens with one attached hydrogen (secondary N) is 1. The quantitative estimate of drug-likeness (QED) is 0.660. The number of carbonyl (C=O) groups is 1. The first kappa shape index (κ1) is 23.9. The van der Waals surface area contributed by atoms with E-state index >= 15 is 0 Å². The second-order valence-electron chi connectivity index (χ2n) is 8.97. The van der Waals surface area contributed by atoms with E-state index in [9.17, 15) is 21.6 Å². The Balaban J connectivity index is 1.54. The Hall–Kier alpha value is -2.24. The highest BCUT2D eigenvalue weighted by atomic mass is 32.2. The Morgan fingerprint density at radius 3 is 2.55 bits per heavy atom. The molecule has 1 N–H and O–H groups in total. The largest absolute Gasteiger partial charge is 0.307 e. The van der Waals surface area contributed by atoms with Gasteiger partial charge in [-0.15, -0.1) is 0 Å². The third-order valence-corrected chi connectivity index (χ3v) is 10.2. The van der Waals surface area contributed by atoms with E-state index < -0.39 is 25.8 Å². The zero-order valence-electron chi connectivity index (χ0n) is 18.9. The maximum absolute atomic E-state index is 13.2. The van der Waals surface area contributed by atoms with Gasteiger partial charge in [-0.25, -0.2) is 21.5 Å². The number of carbonyl (C=O) groups excluding carboxylic acids is 1. The van der Waals surface area contributed by atoms with E-state index in [0.29, 0.717) is 17.9 Å². The Morgan fingerprint density at radius 1 is 1.15 bits per heavy atom. The molecule has 1 unspecified atom stereocenters. The molecule has 1 aliphatic carbocycles. The number of amides is 1. The van der Waals surface area contributed by atoms with Crippen molar-refractivity contribution in [2.45, 2.75) is 62.4 Å². The predicted octanol–water partition coefficient (Wildman–Crippen LogP) is 2.76. The molecule has 9 nitrogen and oxygen atoms in total. The Kier molecular flexibility index (Phi) is 6.66. The normalized spacial score (nSPS) is 21.4. The monoisotopic (exact) mass is 494 g/mol. The molecule has 1 amide bonds. The zero-order valence-corrected chi connectivity index (χ0v) is 20.5. The van der Waals surface area contributed by atoms with E-state index in [-0.39, 0.29) is 34.0 Å². The van der Waals surface area contributed by atoms with Crippen LogP contribution < -0.4 is 5.32 Å². The molecule has 1 aromatic carbocycles. The van der Waals surface area contributed by atoms with Gasteiger partial charge >= 0.3 is 0 Å². The lowest BCUT2D eigenvalue weighted by molar-refractivity contribution is 0.102. The van der Waals surface area contributed by atoms with Crippen molar-refractivity contribution < 1.29 is 21.6 Å². The molecule has 1 saturated carbocycles. The van der Waals surface area contributed by atoms with Crippen molar-refractivity contribution in [1.82, 2.24) is 14.1 Å². The molecule has 0 radical (unpaired) electrons. The van der Waals surface area contributed by atoms with E-state index in [0.717, 1.165) is 32.1 Å². The standard InChI is InChI=1S/C22H30N4O5S2/c1-16-13-21(26(24-16)19-11-12-32(28,29)15-19)23-22(27)17-7-6-10-20(14-17)33(30,31)25(2)18-8-4-3-5-9-18/h6-7,10,13-14,18-19H,3-5,8-9,11-12,15H2,1-2H3,(H,23,27). The van der Waals surface area contributed by atoms with Crippen molar-refractivity contribution in [2.75, 3.05) is 23.9 Å². The minimum atomic E-state index is -3.73. The summed E-state index contributed by atoms with van der Waals surface area (Å²) in [5, 5.41) is 7.15. The number of nitrogens with zero attached hydrogens (tertiary/aromatic N) is 3. The van der Waals surface area contributed by atoms with Gasteiger partial charge in [-0.2, -0.15) is 9.40 Å². The van der Waals surface area contributed by atoms with Crippen LogP contribution in [-0.4, -0.2) is 61.4 Å². The maximum Gasteiger partial charge on any atom is 0.256 e. The van der Waals surface area contributed by atoms with E-state index in [1.54, 1.807) is 36.9 Å². The molecular formula is C22H30N4O5S2. The molecule has 11 heteroatoms. The fraction of sp³-hybridized carbons (Fsp3) is 0.545. The van der Waals surface area contributed by atoms with Crippen LogP contribution in [0.2, 0.25) is 0 Å². The number of benzene rings is 1. The number of aromatic nitrogens is 2. The lowest BCUT2D eigenvalue weighted by atomic mass is 9.96. The number of hydrogen-bond acceptors (Lipinski definition) is 6. The van der Waals surface area contributed by atoms with Crippen molar-refractivity contribution in [1.29, 1.82) is 0 Å². The Labute approximate surface area is 195 Å². The van der Waals surface area contributed by atoms with Crippen LogP contribution in [0.3, 0.4) is 0 Å². The van der Waals surface area contributed by atoms with Crippen LogP contribution in [0.4, 0.5) is 5.82 Å². The SMILES string of the molecule is Cc1cc(NC(=O)c2cccc(S(=O)(=O)N(C)C3CCCCC3)c2)n(C2CCS(=O)(=O)C2)n1. The molecule has 1 atom stereocenters. The van der Waals surface area contributed by atoms with Gasteiger partial charge in [0, 0.05) is 24.7 Å². The van der Waals surface area contributed by atoms with Crippen molar-refractivity contribution in [2.24, 2.45) is 0 Å². The number of sulfone groups is 1. The summed E-state index contributed by atoms with van der Waals surface area (Å²) in [5.74, 6) is -0.00193. The molecule has 0 spiro atoms. The minimum Gasteiger partial charge on any atom is -0.307 e. The number of sulfonamides is 1. The first-order chi connectivity index (χ1) is 15.6. The van der Waals surface area contributed by atoms with Gasteiger partial charge in [-0.1, -0.05) is 25.3 Å². The van der Waals surface area contributed by atoms with Gasteiger partial charge in [0.15, 0.2) is 9.84 Å². The zero-order chi connectivity index (χ0) is 23.8. The number of rotatable bonds is 6. The smallest absolute Gasteiger partial charge is 0.256 e. The first-order valence-electron chi connectivity index (χ1n) is 11.2. The molecule has 1 aromatic heterocycles. The number of aryl methyl sites for hydroxylation is 1. The summed E-state index contributed by atoms with van der Waals surface area (Å²) >= 11 is 0. The lowest BCUT2D eigenvalue weighted by Crippen LogP contribution is -2.38. The van der Waals surface area contributed by atoms with Crippen molar-refractivity contribution >= 4 is 31.6 Å². The summed E-state index contributed by atoms with van der Waals surface area (Å²) in [6.07, 6.45) is 5.29. The number of hydrogen-bond donors (Lipinski definition) is 1. The summed E-state index contributed by atoms with van der Waals surface area (Å²) in [6.45, 7) is 1.77. The molecule has 1 aliphatic heterocycles. The van der Waals surface area contributed by atoms with Crippen molar-refractivity contribution in [3.63, 3.8) is 0 Å². The summed E-state index contributed by atoms with van der Waals surface area (Å²) < 4.78 is 53.1. The van der Waals surface area contributed by atoms with Crippen molar-refractivity contribution in [3.8, 4) is 0 Å². The van der Waals surface area contributed by atoms with Gasteiger partial charge in [0.05, 0.1) is 28.1 Å². The highest BCUT2D eigenvalue weighted by Crippen LogP contribution is 2.29. The third-order valence-electron chi connectivity index (χ3n) is 6.52. The summed E-state index contributed by atoms with van der Waals surface area (Å²) in [4.78, 5) is 13.1. The molecule has 4 rings (SSSR count). The van der Waals surface area contributed by atoms with Crippen LogP contribution in [-0.2, 0) is 19.9 Å². The van der Waals surface area contributed by atoms with Crippen molar-refractivity contribution in [3.05, 3.63) is 41.6 Å². The second-order valence-corrected chi connectivity index (χ2v) is 13.2. The van der Waals surface area contributed by atoms with E-state index in [4.69, 9.17) is 0 Å². The molecule has 2 heterocycles. The highest BCUT2D eigenvalue weighted by molar-refractivity contribution is 7.91. The topological polar surface area (TPSA) is 118 Å². The lowest BCUT2D eigenvalue weighted by Gasteiger charge is -2.30. The van der Waals surface area contributed by atoms with Crippen LogP contribution in [0.15, 0.2) is 35.2 Å². The van der Waals surface area contributed by atoms with E-state index in [1.807, 2.05) is 0 Å². The second kappa shape index (κ2) is 9.19. The summed E-state index contributed by atoms with van der Waals surface area (Å²) in [5.41, 5.74) is 0.859. The van der Waals surface area contributed by atoms with E-state index in [1.165, 1.54) is 16.4 Å². The molecule has 2 fully saturated rings. The summed E-state index contributed by atoms with van der Waals surface area (Å²) in [6, 6.07) is 7.32. The van der Waals surface area contributed by atoms with Crippen LogP contribution in [0.5, 0.6) is 0 Å². The van der Waals surface area contributed by atoms with Gasteiger partial charge in [0.25, 0.3) is 5.91 Å². The number of anilines is 1. The first-order valence-corrected chi connectivity index (χ1v) is 14.5. The van der Waals surface area contributed by atoms with Crippen LogP contribution in [0, 0.1) is 6.92 Å². The van der Waals surface area contributed by atoms with Crippen LogP contribution >= 0.6 is 0 Å². The van der Waals surface area contributed by atoms with E-state index in [2.05, 4.69) is 10.4 Å². The molecule has 2 aliphatic rings. The van der Waals surface area contributed by atoms with Gasteiger partial charge in [-0.3, -0.25) is 4.79 Å². The Bertz CT molecular complexity index is 1250. The molecule has 33 heavy (non-hydrogen) atoms. The fourth-order valence-corrected chi connectivity index (χ4v) is 7.80. The van der Waals surface area contributed by atoms with Gasteiger partial charge in [-0.05, 0) is 44.4 Å². The fourth-order valence-electron chi connectivity index (χ4n) is 4.65. The molecule has 0 bridgehead atoms. The van der Waals surface area contributed by atoms with Gasteiger partial charge < -0.3 is 5.32 Å². The van der Waals surface area contributed by atoms with Crippen LogP contribution in [0.25, 0.3) is 0 Å². The summed E-state index contributed by atoms with van der Waals surface area (Å²) in [7, 11) is -5.24. The molecule has 180 valence electrons. The predicted molar refractivity (Wildman–Crippen MR) is 125 cm³/mol. The maximum atomic E-state index is 13.2. The minimum absolute atomic E-state index is 0.0157. The van der Waals surface area contributed by atoms with Crippen LogP contribution in [0.1, 0.15) is 60.6 Å². The molecular weight excluding hydrogens is 464 g/mol. The third kappa shape index (κ3) is 5.15. The average molecular weight is 495 g/mol. The Morgan fingerprint density at radius 2 is 1.88 bits per heavy atom. The average Bonchev–Trinajstić information content (AvgIpc) is 3.34. The highest BCUT2D eigenvalue weighted by Gasteiger charge is 2.32. The van der Waals surface area contributed by atoms with Gasteiger partial charge in [0.2, 0.25) is 10.0 Å². The van der Waals surface area contributed by atoms with Gasteiger partial charge in [0.1, 0.15) is 5.82 Å².